The molecule has 0 saturated carbocycles. The summed E-state index contributed by atoms with van der Waals surface area (Å²) in [6.45, 7) is 6.02. The number of benzene rings is 1. The molecule has 4 rings (SSSR count). The number of hydrogen-bond donors (Lipinski definition) is 1. The van der Waals surface area contributed by atoms with Crippen molar-refractivity contribution in [2.24, 2.45) is 5.92 Å². The monoisotopic (exact) mass is 394 g/mol. The molecule has 8 nitrogen and oxygen atoms in total. The van der Waals surface area contributed by atoms with Crippen LogP contribution >= 0.6 is 0 Å². The molecule has 1 saturated heterocycles. The fourth-order valence-electron chi connectivity index (χ4n) is 3.85. The number of aromatic nitrogens is 4. The van der Waals surface area contributed by atoms with Crippen molar-refractivity contribution in [3.05, 3.63) is 52.6 Å². The zero-order valence-corrected chi connectivity index (χ0v) is 16.8. The van der Waals surface area contributed by atoms with Gasteiger partial charge in [0.25, 0.3) is 5.78 Å². The zero-order chi connectivity index (χ0) is 20.4. The number of piperidine rings is 1. The van der Waals surface area contributed by atoms with E-state index in [1.54, 1.807) is 6.20 Å². The lowest BCUT2D eigenvalue weighted by Gasteiger charge is -2.31. The summed E-state index contributed by atoms with van der Waals surface area (Å²) in [6, 6.07) is 9.48. The molecule has 3 aromatic rings. The van der Waals surface area contributed by atoms with E-state index in [4.69, 9.17) is 0 Å². The molecule has 0 radical (unpaired) electrons. The number of fused-ring (bicyclic) bond motifs is 1. The number of carbonyl (C=O) groups excluding carboxylic acids is 1. The van der Waals surface area contributed by atoms with E-state index in [1.807, 2.05) is 37.3 Å². The van der Waals surface area contributed by atoms with Crippen LogP contribution in [0, 0.1) is 5.92 Å². The molecule has 3 heterocycles. The molecule has 8 heteroatoms. The van der Waals surface area contributed by atoms with Crippen LogP contribution in [0.5, 0.6) is 0 Å². The summed E-state index contributed by atoms with van der Waals surface area (Å²) in [5.41, 5.74) is 1.44. The van der Waals surface area contributed by atoms with Gasteiger partial charge in [-0.15, -0.1) is 5.10 Å². The molecule has 1 aliphatic rings. The molecule has 0 bridgehead atoms. The summed E-state index contributed by atoms with van der Waals surface area (Å²) in [5, 5.41) is 7.15. The molecule has 0 spiro atoms. The van der Waals surface area contributed by atoms with E-state index in [0.717, 1.165) is 47.7 Å². The summed E-state index contributed by atoms with van der Waals surface area (Å²) >= 11 is 0. The van der Waals surface area contributed by atoms with Gasteiger partial charge in [0.1, 0.15) is 12.4 Å². The van der Waals surface area contributed by atoms with Crippen LogP contribution in [-0.2, 0) is 17.8 Å². The molecule has 152 valence electrons. The fourth-order valence-corrected chi connectivity index (χ4v) is 3.85. The molecule has 0 aliphatic carbocycles. The number of hydrogen-bond acceptors (Lipinski definition) is 5. The molecule has 1 amide bonds. The minimum atomic E-state index is -0.370. The quantitative estimate of drug-likeness (QED) is 0.718. The van der Waals surface area contributed by atoms with Crippen LogP contribution in [-0.4, -0.2) is 38.2 Å². The summed E-state index contributed by atoms with van der Waals surface area (Å²) in [6.07, 6.45) is 4.86. The van der Waals surface area contributed by atoms with E-state index in [2.05, 4.69) is 27.2 Å². The van der Waals surface area contributed by atoms with Gasteiger partial charge < -0.3 is 10.2 Å². The van der Waals surface area contributed by atoms with Gasteiger partial charge in [-0.3, -0.25) is 4.79 Å². The minimum absolute atomic E-state index is 0.156. The Labute approximate surface area is 169 Å². The Balaban J connectivity index is 1.54. The van der Waals surface area contributed by atoms with E-state index in [9.17, 15) is 9.59 Å². The molecule has 29 heavy (non-hydrogen) atoms. The van der Waals surface area contributed by atoms with Crippen molar-refractivity contribution in [3.8, 4) is 0 Å². The predicted octanol–water partition coefficient (Wildman–Crippen LogP) is 2.33. The third-order valence-electron chi connectivity index (χ3n) is 5.39. The average molecular weight is 394 g/mol. The summed E-state index contributed by atoms with van der Waals surface area (Å²) in [5.74, 6) is 1.47. The maximum atomic E-state index is 12.6. The van der Waals surface area contributed by atoms with Gasteiger partial charge >= 0.3 is 5.69 Å². The van der Waals surface area contributed by atoms with Crippen molar-refractivity contribution in [2.45, 2.75) is 39.7 Å². The molecule has 2 aromatic heterocycles. The molecule has 1 unspecified atom stereocenters. The number of rotatable bonds is 5. The van der Waals surface area contributed by atoms with Crippen molar-refractivity contribution < 1.29 is 4.79 Å². The van der Waals surface area contributed by atoms with Gasteiger partial charge in [0.15, 0.2) is 0 Å². The molecular weight excluding hydrogens is 368 g/mol. The van der Waals surface area contributed by atoms with Gasteiger partial charge in [0.05, 0.1) is 0 Å². The maximum absolute atomic E-state index is 12.6. The van der Waals surface area contributed by atoms with Gasteiger partial charge in [0.2, 0.25) is 5.91 Å². The Morgan fingerprint density at radius 3 is 2.90 bits per heavy atom. The first-order valence-corrected chi connectivity index (χ1v) is 10.1. The number of carbonyl (C=O) groups is 1. The zero-order valence-electron chi connectivity index (χ0n) is 16.8. The lowest BCUT2D eigenvalue weighted by atomic mass is 10.0. The number of amides is 1. The Hall–Kier alpha value is -3.16. The summed E-state index contributed by atoms with van der Waals surface area (Å²) in [4.78, 5) is 31.9. The molecule has 1 atom stereocenters. The van der Waals surface area contributed by atoms with Gasteiger partial charge in [0, 0.05) is 25.0 Å². The topological polar surface area (TPSA) is 84.5 Å². The van der Waals surface area contributed by atoms with E-state index >= 15 is 0 Å². The Kier molecular flexibility index (Phi) is 5.33. The van der Waals surface area contributed by atoms with E-state index in [1.165, 1.54) is 10.8 Å². The third kappa shape index (κ3) is 4.01. The molecular formula is C21H26N6O2. The van der Waals surface area contributed by atoms with Crippen molar-refractivity contribution in [3.63, 3.8) is 0 Å². The van der Waals surface area contributed by atoms with Crippen molar-refractivity contribution in [2.75, 3.05) is 23.3 Å². The maximum Gasteiger partial charge on any atom is 0.352 e. The van der Waals surface area contributed by atoms with E-state index in [-0.39, 0.29) is 18.1 Å². The highest BCUT2D eigenvalue weighted by molar-refractivity contribution is 5.91. The van der Waals surface area contributed by atoms with Crippen LogP contribution < -0.4 is 15.9 Å². The summed E-state index contributed by atoms with van der Waals surface area (Å²) in [7, 11) is 0. The highest BCUT2D eigenvalue weighted by atomic mass is 16.2. The Bertz CT molecular complexity index is 1090. The van der Waals surface area contributed by atoms with Crippen LogP contribution in [0.15, 0.2) is 41.3 Å². The van der Waals surface area contributed by atoms with Crippen LogP contribution in [0.25, 0.3) is 5.78 Å². The van der Waals surface area contributed by atoms with Gasteiger partial charge in [-0.1, -0.05) is 32.0 Å². The van der Waals surface area contributed by atoms with Crippen molar-refractivity contribution in [1.29, 1.82) is 0 Å². The second-order valence-electron chi connectivity index (χ2n) is 7.65. The normalized spacial score (nSPS) is 16.9. The highest BCUT2D eigenvalue weighted by Crippen LogP contribution is 2.21. The van der Waals surface area contributed by atoms with Crippen LogP contribution in [0.2, 0.25) is 0 Å². The first-order valence-electron chi connectivity index (χ1n) is 10.1. The molecule has 1 fully saturated rings. The fraction of sp³-hybridized carbons (Fsp3) is 0.429. The predicted molar refractivity (Wildman–Crippen MR) is 112 cm³/mol. The first-order chi connectivity index (χ1) is 14.0. The smallest absolute Gasteiger partial charge is 0.352 e. The molecule has 1 N–H and O–H groups in total. The average Bonchev–Trinajstić information content (AvgIpc) is 3.03. The van der Waals surface area contributed by atoms with Gasteiger partial charge in [-0.2, -0.15) is 4.98 Å². The standard InChI is InChI=1S/C21H26N6O2/c1-3-16-8-4-5-9-17(16)22-19(28)14-27-21(29)26-12-10-18(23-20(26)24-27)25-11-6-7-15(2)13-25/h4-5,8-10,12,15H,3,6-7,11,13-14H2,1-2H3,(H,22,28). The van der Waals surface area contributed by atoms with Crippen molar-refractivity contribution >= 4 is 23.2 Å². The number of aryl methyl sites for hydroxylation is 1. The number of anilines is 2. The largest absolute Gasteiger partial charge is 0.356 e. The lowest BCUT2D eigenvalue weighted by molar-refractivity contribution is -0.117. The minimum Gasteiger partial charge on any atom is -0.356 e. The first kappa shape index (κ1) is 19.2. The van der Waals surface area contributed by atoms with Crippen LogP contribution in [0.4, 0.5) is 11.5 Å². The SMILES string of the molecule is CCc1ccccc1NC(=O)Cn1nc2nc(N3CCCC(C)C3)ccn2c1=O. The van der Waals surface area contributed by atoms with Gasteiger partial charge in [-0.05, 0) is 42.9 Å². The number of para-hydroxylation sites is 1. The summed E-state index contributed by atoms with van der Waals surface area (Å²) < 4.78 is 2.54. The van der Waals surface area contributed by atoms with E-state index in [0.29, 0.717) is 11.7 Å². The number of nitrogens with zero attached hydrogens (tertiary/aromatic N) is 5. The second-order valence-corrected chi connectivity index (χ2v) is 7.65. The van der Waals surface area contributed by atoms with Gasteiger partial charge in [-0.25, -0.2) is 13.9 Å². The van der Waals surface area contributed by atoms with Crippen molar-refractivity contribution in [1.82, 2.24) is 19.2 Å². The third-order valence-corrected chi connectivity index (χ3v) is 5.39. The Morgan fingerprint density at radius 2 is 2.10 bits per heavy atom. The lowest BCUT2D eigenvalue weighted by Crippen LogP contribution is -2.35. The molecule has 1 aromatic carbocycles. The second kappa shape index (κ2) is 8.06. The number of nitrogens with one attached hydrogen (secondary N) is 1. The van der Waals surface area contributed by atoms with Crippen LogP contribution in [0.3, 0.4) is 0 Å². The molecule has 1 aliphatic heterocycles. The Morgan fingerprint density at radius 1 is 1.28 bits per heavy atom. The highest BCUT2D eigenvalue weighted by Gasteiger charge is 2.19. The van der Waals surface area contributed by atoms with E-state index < -0.39 is 0 Å². The van der Waals surface area contributed by atoms with Crippen LogP contribution in [0.1, 0.15) is 32.3 Å².